The molecule has 1 N–H and O–H groups in total. The summed E-state index contributed by atoms with van der Waals surface area (Å²) in [6, 6.07) is 2.32. The van der Waals surface area contributed by atoms with E-state index in [1.54, 1.807) is 18.5 Å². The lowest BCUT2D eigenvalue weighted by Gasteiger charge is -2.34. The third-order valence-electron chi connectivity index (χ3n) is 4.83. The predicted molar refractivity (Wildman–Crippen MR) is 102 cm³/mol. The Labute approximate surface area is 155 Å². The summed E-state index contributed by atoms with van der Waals surface area (Å²) in [6.45, 7) is 2.97. The van der Waals surface area contributed by atoms with Crippen molar-refractivity contribution >= 4 is 39.0 Å². The number of piperidine rings is 1. The Balaban J connectivity index is 1.33. The van der Waals surface area contributed by atoms with Gasteiger partial charge < -0.3 is 10.2 Å². The van der Waals surface area contributed by atoms with Gasteiger partial charge in [-0.25, -0.2) is 14.4 Å². The lowest BCUT2D eigenvalue weighted by molar-refractivity contribution is 0.199. The van der Waals surface area contributed by atoms with Crippen molar-refractivity contribution in [2.75, 3.05) is 25.0 Å². The molecule has 0 radical (unpaired) electrons. The summed E-state index contributed by atoms with van der Waals surface area (Å²) < 4.78 is 14.1. The van der Waals surface area contributed by atoms with Crippen molar-refractivity contribution in [3.05, 3.63) is 40.8 Å². The van der Waals surface area contributed by atoms with Crippen molar-refractivity contribution in [1.82, 2.24) is 14.9 Å². The number of nitrogens with zero attached hydrogens (tertiary/aromatic N) is 3. The van der Waals surface area contributed by atoms with Crippen molar-refractivity contribution in [2.45, 2.75) is 25.3 Å². The smallest absolute Gasteiger partial charge is 0.138 e. The molecule has 4 nitrogen and oxygen atoms in total. The quantitative estimate of drug-likeness (QED) is 0.840. The molecule has 2 aromatic heterocycles. The number of hydrogen-bond acceptors (Lipinski definition) is 5. The maximum atomic E-state index is 13.3. The molecule has 1 aliphatic carbocycles. The molecule has 1 fully saturated rings. The lowest BCUT2D eigenvalue weighted by Crippen LogP contribution is -2.41. The van der Waals surface area contributed by atoms with Crippen LogP contribution in [0, 0.1) is 5.92 Å². The van der Waals surface area contributed by atoms with Crippen LogP contribution in [0.15, 0.2) is 36.4 Å². The molecule has 0 aromatic carbocycles. The van der Waals surface area contributed by atoms with Gasteiger partial charge >= 0.3 is 0 Å². The standard InChI is InChI=1S/C18H20ClFN4S/c19-16-9-15-17(21-11-22-18(15)25-16)23-14-4-6-24(7-5-14)10-12-2-1-3-13(20)8-12/h1,3,8-9,11-12,14H,2,4-7,10H2,(H,21,22,23). The molecule has 1 saturated heterocycles. The van der Waals surface area contributed by atoms with Gasteiger partial charge in [-0.05, 0) is 43.4 Å². The van der Waals surface area contributed by atoms with E-state index in [1.165, 1.54) is 11.3 Å². The summed E-state index contributed by atoms with van der Waals surface area (Å²) in [7, 11) is 0. The molecule has 2 aliphatic rings. The molecule has 132 valence electrons. The van der Waals surface area contributed by atoms with Crippen LogP contribution in [-0.4, -0.2) is 40.5 Å². The Bertz CT molecular complexity index is 811. The molecule has 4 rings (SSSR count). The van der Waals surface area contributed by atoms with Crippen LogP contribution in [0.5, 0.6) is 0 Å². The number of halogens is 2. The number of rotatable bonds is 4. The molecular formula is C18H20ClFN4S. The minimum absolute atomic E-state index is 0.102. The van der Waals surface area contributed by atoms with E-state index in [0.717, 1.165) is 59.3 Å². The first-order chi connectivity index (χ1) is 12.2. The SMILES string of the molecule is FC1=CC(CN2CCC(Nc3ncnc4sc(Cl)cc34)CC2)CC=C1. The number of hydrogen-bond donors (Lipinski definition) is 1. The number of aromatic nitrogens is 2. The van der Waals surface area contributed by atoms with Gasteiger partial charge in [0.25, 0.3) is 0 Å². The first-order valence-electron chi connectivity index (χ1n) is 8.60. The second-order valence-electron chi connectivity index (χ2n) is 6.66. The molecule has 2 aromatic rings. The average molecular weight is 379 g/mol. The highest BCUT2D eigenvalue weighted by Gasteiger charge is 2.22. The van der Waals surface area contributed by atoms with E-state index in [1.807, 2.05) is 12.1 Å². The number of thiophene rings is 1. The van der Waals surface area contributed by atoms with Gasteiger partial charge in [-0.2, -0.15) is 0 Å². The lowest BCUT2D eigenvalue weighted by atomic mass is 9.97. The Morgan fingerprint density at radius 2 is 2.16 bits per heavy atom. The molecule has 3 heterocycles. The van der Waals surface area contributed by atoms with E-state index in [4.69, 9.17) is 11.6 Å². The molecule has 1 atom stereocenters. The van der Waals surface area contributed by atoms with Crippen LogP contribution in [0.1, 0.15) is 19.3 Å². The minimum Gasteiger partial charge on any atom is -0.367 e. The molecule has 0 spiro atoms. The summed E-state index contributed by atoms with van der Waals surface area (Å²) in [4.78, 5) is 12.0. The fourth-order valence-electron chi connectivity index (χ4n) is 3.56. The molecule has 1 aliphatic heterocycles. The van der Waals surface area contributed by atoms with Crippen LogP contribution in [0.3, 0.4) is 0 Å². The second kappa shape index (κ2) is 7.40. The topological polar surface area (TPSA) is 41.0 Å². The minimum atomic E-state index is -0.102. The molecular weight excluding hydrogens is 359 g/mol. The zero-order chi connectivity index (χ0) is 17.2. The monoisotopic (exact) mass is 378 g/mol. The summed E-state index contributed by atoms with van der Waals surface area (Å²) in [6.07, 6.45) is 9.87. The number of allylic oxidation sites excluding steroid dienone is 3. The largest absolute Gasteiger partial charge is 0.367 e. The third kappa shape index (κ3) is 4.02. The molecule has 0 amide bonds. The third-order valence-corrected chi connectivity index (χ3v) is 6.00. The Morgan fingerprint density at radius 3 is 2.96 bits per heavy atom. The van der Waals surface area contributed by atoms with E-state index < -0.39 is 0 Å². The van der Waals surface area contributed by atoms with Crippen molar-refractivity contribution in [1.29, 1.82) is 0 Å². The van der Waals surface area contributed by atoms with Crippen molar-refractivity contribution in [3.8, 4) is 0 Å². The maximum Gasteiger partial charge on any atom is 0.138 e. The normalized spacial score (nSPS) is 22.3. The Morgan fingerprint density at radius 1 is 1.32 bits per heavy atom. The molecule has 0 saturated carbocycles. The zero-order valence-electron chi connectivity index (χ0n) is 13.8. The van der Waals surface area contributed by atoms with Crippen molar-refractivity contribution < 1.29 is 4.39 Å². The summed E-state index contributed by atoms with van der Waals surface area (Å²) >= 11 is 7.57. The highest BCUT2D eigenvalue weighted by Crippen LogP contribution is 2.32. The van der Waals surface area contributed by atoms with Crippen molar-refractivity contribution in [2.24, 2.45) is 5.92 Å². The number of nitrogens with one attached hydrogen (secondary N) is 1. The highest BCUT2D eigenvalue weighted by molar-refractivity contribution is 7.22. The van der Waals surface area contributed by atoms with E-state index >= 15 is 0 Å². The zero-order valence-corrected chi connectivity index (χ0v) is 15.4. The van der Waals surface area contributed by atoms with Gasteiger partial charge in [-0.1, -0.05) is 17.7 Å². The van der Waals surface area contributed by atoms with Gasteiger partial charge in [-0.15, -0.1) is 11.3 Å². The maximum absolute atomic E-state index is 13.3. The first-order valence-corrected chi connectivity index (χ1v) is 9.79. The summed E-state index contributed by atoms with van der Waals surface area (Å²) in [5, 5.41) is 4.55. The summed E-state index contributed by atoms with van der Waals surface area (Å²) in [5.41, 5.74) is 0. The van der Waals surface area contributed by atoms with Gasteiger partial charge in [0.05, 0.1) is 9.72 Å². The van der Waals surface area contributed by atoms with E-state index in [0.29, 0.717) is 12.0 Å². The first kappa shape index (κ1) is 16.9. The predicted octanol–water partition coefficient (Wildman–Crippen LogP) is 4.65. The van der Waals surface area contributed by atoms with Crippen LogP contribution >= 0.6 is 22.9 Å². The van der Waals surface area contributed by atoms with Crippen molar-refractivity contribution in [3.63, 3.8) is 0 Å². The van der Waals surface area contributed by atoms with E-state index in [2.05, 4.69) is 20.2 Å². The molecule has 25 heavy (non-hydrogen) atoms. The van der Waals surface area contributed by atoms with Gasteiger partial charge in [0.15, 0.2) is 0 Å². The fraction of sp³-hybridized carbons (Fsp3) is 0.444. The van der Waals surface area contributed by atoms with Crippen LogP contribution in [0.4, 0.5) is 10.2 Å². The molecule has 1 unspecified atom stereocenters. The Hall–Kier alpha value is -1.50. The van der Waals surface area contributed by atoms with Crippen LogP contribution in [-0.2, 0) is 0 Å². The van der Waals surface area contributed by atoms with Gasteiger partial charge in [-0.3, -0.25) is 0 Å². The van der Waals surface area contributed by atoms with E-state index in [-0.39, 0.29) is 5.83 Å². The van der Waals surface area contributed by atoms with Crippen LogP contribution in [0.25, 0.3) is 10.2 Å². The van der Waals surface area contributed by atoms with Gasteiger partial charge in [0.2, 0.25) is 0 Å². The highest BCUT2D eigenvalue weighted by atomic mass is 35.5. The second-order valence-corrected chi connectivity index (χ2v) is 8.32. The van der Waals surface area contributed by atoms with Gasteiger partial charge in [0, 0.05) is 25.7 Å². The van der Waals surface area contributed by atoms with Crippen LogP contribution in [0.2, 0.25) is 4.34 Å². The van der Waals surface area contributed by atoms with Crippen LogP contribution < -0.4 is 5.32 Å². The van der Waals surface area contributed by atoms with Gasteiger partial charge in [0.1, 0.15) is 22.8 Å². The molecule has 0 bridgehead atoms. The number of fused-ring (bicyclic) bond motifs is 1. The van der Waals surface area contributed by atoms with E-state index in [9.17, 15) is 4.39 Å². The molecule has 7 heteroatoms. The average Bonchev–Trinajstić information content (AvgIpc) is 2.98. The Kier molecular flexibility index (Phi) is 5.01. The fourth-order valence-corrected chi connectivity index (χ4v) is 4.61. The number of likely N-dealkylation sites (tertiary alicyclic amines) is 1. The number of anilines is 1. The summed E-state index contributed by atoms with van der Waals surface area (Å²) in [5.74, 6) is 1.06.